The zero-order valence-electron chi connectivity index (χ0n) is 18.0. The van der Waals surface area contributed by atoms with E-state index in [1.165, 1.54) is 17.3 Å². The number of rotatable bonds is 7. The summed E-state index contributed by atoms with van der Waals surface area (Å²) in [6.07, 6.45) is 0. The van der Waals surface area contributed by atoms with Crippen LogP contribution in [0.4, 0.5) is 0 Å². The van der Waals surface area contributed by atoms with Gasteiger partial charge in [0.2, 0.25) is 11.1 Å². The Kier molecular flexibility index (Phi) is 6.03. The number of nitrogens with one attached hydrogen (secondary N) is 2. The van der Waals surface area contributed by atoms with Crippen LogP contribution in [0.15, 0.2) is 47.6 Å². The van der Waals surface area contributed by atoms with Crippen molar-refractivity contribution in [3.8, 4) is 5.69 Å². The largest absolute Gasteiger partial charge is 0.345 e. The predicted octanol–water partition coefficient (Wildman–Crippen LogP) is 3.76. The first-order valence-corrected chi connectivity index (χ1v) is 11.1. The molecule has 9 heteroatoms. The van der Waals surface area contributed by atoms with Crippen LogP contribution in [0.2, 0.25) is 0 Å². The van der Waals surface area contributed by atoms with Gasteiger partial charge in [-0.1, -0.05) is 55.4 Å². The monoisotopic (exact) mass is 435 g/mol. The molecule has 31 heavy (non-hydrogen) atoms. The lowest BCUT2D eigenvalue weighted by atomic mass is 10.0. The van der Waals surface area contributed by atoms with Crippen LogP contribution in [-0.2, 0) is 4.79 Å². The Morgan fingerprint density at radius 1 is 1.19 bits per heavy atom. The van der Waals surface area contributed by atoms with Crippen molar-refractivity contribution < 1.29 is 4.79 Å². The van der Waals surface area contributed by atoms with E-state index in [4.69, 9.17) is 0 Å². The number of para-hydroxylation sites is 2. The van der Waals surface area contributed by atoms with Crippen LogP contribution in [0, 0.1) is 19.8 Å². The molecule has 0 aliphatic heterocycles. The maximum absolute atomic E-state index is 12.7. The van der Waals surface area contributed by atoms with Crippen molar-refractivity contribution in [1.29, 1.82) is 0 Å². The van der Waals surface area contributed by atoms with Gasteiger partial charge in [-0.2, -0.15) is 4.68 Å². The van der Waals surface area contributed by atoms with Crippen LogP contribution in [0.1, 0.15) is 36.8 Å². The number of aryl methyl sites for hydroxylation is 2. The Bertz CT molecular complexity index is 1180. The number of imidazole rings is 1. The van der Waals surface area contributed by atoms with Crippen molar-refractivity contribution in [2.45, 2.75) is 38.9 Å². The van der Waals surface area contributed by atoms with E-state index in [1.807, 2.05) is 50.2 Å². The zero-order chi connectivity index (χ0) is 22.0. The van der Waals surface area contributed by atoms with Gasteiger partial charge in [0.15, 0.2) is 0 Å². The lowest BCUT2D eigenvalue weighted by Gasteiger charge is -2.20. The van der Waals surface area contributed by atoms with E-state index in [2.05, 4.69) is 50.7 Å². The molecule has 2 aromatic carbocycles. The van der Waals surface area contributed by atoms with Gasteiger partial charge in [-0.15, -0.1) is 5.10 Å². The normalized spacial score (nSPS) is 12.4. The van der Waals surface area contributed by atoms with Crippen molar-refractivity contribution in [3.05, 3.63) is 59.4 Å². The molecule has 0 spiro atoms. The minimum Gasteiger partial charge on any atom is -0.345 e. The van der Waals surface area contributed by atoms with Crippen LogP contribution < -0.4 is 5.32 Å². The topological polar surface area (TPSA) is 101 Å². The van der Waals surface area contributed by atoms with Crippen LogP contribution >= 0.6 is 11.8 Å². The number of benzene rings is 2. The highest BCUT2D eigenvalue weighted by Crippen LogP contribution is 2.24. The smallest absolute Gasteiger partial charge is 0.231 e. The number of aromatic nitrogens is 6. The lowest BCUT2D eigenvalue weighted by molar-refractivity contribution is -0.119. The molecule has 0 bridgehead atoms. The van der Waals surface area contributed by atoms with Gasteiger partial charge in [0.25, 0.3) is 0 Å². The van der Waals surface area contributed by atoms with Crippen LogP contribution in [-0.4, -0.2) is 41.8 Å². The molecule has 0 saturated carbocycles. The standard InChI is InChI=1S/C22H25N7OS/c1-13(2)20(21-23-16-7-5-6-8-17(16)24-21)25-19(30)12-31-22-26-27-28-29(22)18-10-9-14(3)11-15(18)4/h5-11,13,20H,12H2,1-4H3,(H,23,24)(H,25,30)/t20-/m0/s1. The lowest BCUT2D eigenvalue weighted by Crippen LogP contribution is -2.33. The molecule has 1 amide bonds. The average Bonchev–Trinajstić information content (AvgIpc) is 3.37. The number of carbonyl (C=O) groups is 1. The van der Waals surface area contributed by atoms with Crippen molar-refractivity contribution >= 4 is 28.7 Å². The van der Waals surface area contributed by atoms with E-state index in [0.29, 0.717) is 5.16 Å². The zero-order valence-corrected chi connectivity index (χ0v) is 18.8. The minimum atomic E-state index is -0.212. The number of thioether (sulfide) groups is 1. The average molecular weight is 436 g/mol. The number of nitrogens with zero attached hydrogens (tertiary/aromatic N) is 5. The van der Waals surface area contributed by atoms with E-state index >= 15 is 0 Å². The summed E-state index contributed by atoms with van der Waals surface area (Å²) in [6, 6.07) is 13.7. The van der Waals surface area contributed by atoms with E-state index in [9.17, 15) is 4.79 Å². The second-order valence-electron chi connectivity index (χ2n) is 7.88. The summed E-state index contributed by atoms with van der Waals surface area (Å²) in [5.74, 6) is 1.04. The van der Waals surface area contributed by atoms with Crippen LogP contribution in [0.3, 0.4) is 0 Å². The summed E-state index contributed by atoms with van der Waals surface area (Å²) in [7, 11) is 0. The Morgan fingerprint density at radius 3 is 2.74 bits per heavy atom. The third kappa shape index (κ3) is 4.61. The van der Waals surface area contributed by atoms with E-state index < -0.39 is 0 Å². The summed E-state index contributed by atoms with van der Waals surface area (Å²) >= 11 is 1.31. The summed E-state index contributed by atoms with van der Waals surface area (Å²) in [5.41, 5.74) is 5.00. The van der Waals surface area contributed by atoms with Crippen molar-refractivity contribution in [2.75, 3.05) is 5.75 Å². The van der Waals surface area contributed by atoms with Gasteiger partial charge >= 0.3 is 0 Å². The fourth-order valence-electron chi connectivity index (χ4n) is 3.48. The number of hydrogen-bond donors (Lipinski definition) is 2. The van der Waals surface area contributed by atoms with Gasteiger partial charge in [0.05, 0.1) is 28.5 Å². The molecule has 2 heterocycles. The summed E-state index contributed by atoms with van der Waals surface area (Å²) in [5, 5.41) is 15.7. The summed E-state index contributed by atoms with van der Waals surface area (Å²) in [4.78, 5) is 20.7. The number of tetrazole rings is 1. The molecule has 0 fully saturated rings. The highest BCUT2D eigenvalue weighted by atomic mass is 32.2. The molecule has 0 saturated heterocycles. The van der Waals surface area contributed by atoms with Crippen LogP contribution in [0.5, 0.6) is 0 Å². The molecular weight excluding hydrogens is 410 g/mol. The van der Waals surface area contributed by atoms with Crippen molar-refractivity contribution in [2.24, 2.45) is 5.92 Å². The molecule has 2 aromatic heterocycles. The molecule has 0 aliphatic rings. The second-order valence-corrected chi connectivity index (χ2v) is 8.82. The Hall–Kier alpha value is -3.20. The maximum atomic E-state index is 12.7. The molecule has 1 atom stereocenters. The Balaban J connectivity index is 1.46. The minimum absolute atomic E-state index is 0.0978. The first-order valence-electron chi connectivity index (χ1n) is 10.1. The third-order valence-corrected chi connectivity index (χ3v) is 5.96. The number of aromatic amines is 1. The fourth-order valence-corrected chi connectivity index (χ4v) is 4.17. The molecule has 160 valence electrons. The second kappa shape index (κ2) is 8.89. The van der Waals surface area contributed by atoms with E-state index in [-0.39, 0.29) is 23.6 Å². The quantitative estimate of drug-likeness (QED) is 0.429. The summed E-state index contributed by atoms with van der Waals surface area (Å²) < 4.78 is 1.67. The van der Waals surface area contributed by atoms with Gasteiger partial charge in [-0.05, 0) is 54.0 Å². The third-order valence-electron chi connectivity index (χ3n) is 5.04. The Morgan fingerprint density at radius 2 is 2.00 bits per heavy atom. The molecular formula is C22H25N7OS. The maximum Gasteiger partial charge on any atom is 0.231 e. The number of fused-ring (bicyclic) bond motifs is 1. The predicted molar refractivity (Wildman–Crippen MR) is 121 cm³/mol. The van der Waals surface area contributed by atoms with Gasteiger partial charge in [0.1, 0.15) is 5.82 Å². The van der Waals surface area contributed by atoms with Gasteiger partial charge < -0.3 is 10.3 Å². The SMILES string of the molecule is Cc1ccc(-n2nnnc2SCC(=O)N[C@H](c2nc3ccccc3[nH]2)C(C)C)c(C)c1. The fraction of sp³-hybridized carbons (Fsp3) is 0.318. The summed E-state index contributed by atoms with van der Waals surface area (Å²) in [6.45, 7) is 8.19. The van der Waals surface area contributed by atoms with Crippen LogP contribution in [0.25, 0.3) is 16.7 Å². The molecule has 4 rings (SSSR count). The van der Waals surface area contributed by atoms with Gasteiger partial charge in [-0.3, -0.25) is 4.79 Å². The number of H-pyrrole nitrogens is 1. The molecule has 0 aliphatic carbocycles. The molecule has 4 aromatic rings. The number of hydrogen-bond acceptors (Lipinski definition) is 6. The molecule has 2 N–H and O–H groups in total. The van der Waals surface area contributed by atoms with Crippen molar-refractivity contribution in [3.63, 3.8) is 0 Å². The first-order chi connectivity index (χ1) is 14.9. The highest BCUT2D eigenvalue weighted by molar-refractivity contribution is 7.99. The molecule has 8 nitrogen and oxygen atoms in total. The molecule has 0 radical (unpaired) electrons. The highest BCUT2D eigenvalue weighted by Gasteiger charge is 2.22. The molecule has 0 unspecified atom stereocenters. The first kappa shape index (κ1) is 21.0. The van der Waals surface area contributed by atoms with Gasteiger partial charge in [-0.25, -0.2) is 4.98 Å². The number of amides is 1. The van der Waals surface area contributed by atoms with E-state index in [0.717, 1.165) is 28.1 Å². The number of carbonyl (C=O) groups excluding carboxylic acids is 1. The Labute approximate surface area is 184 Å². The van der Waals surface area contributed by atoms with Crippen molar-refractivity contribution in [1.82, 2.24) is 35.5 Å². The van der Waals surface area contributed by atoms with E-state index in [1.54, 1.807) is 4.68 Å². The van der Waals surface area contributed by atoms with Gasteiger partial charge in [0, 0.05) is 0 Å².